The molecule has 1 aliphatic heterocycles. The van der Waals surface area contributed by atoms with E-state index in [2.05, 4.69) is 0 Å². The summed E-state index contributed by atoms with van der Waals surface area (Å²) in [6.45, 7) is 1.93. The monoisotopic (exact) mass is 317 g/mol. The molecule has 1 aromatic rings. The maximum atomic E-state index is 12.5. The summed E-state index contributed by atoms with van der Waals surface area (Å²) in [5, 5.41) is 0. The van der Waals surface area contributed by atoms with E-state index in [9.17, 15) is 8.42 Å². The number of benzene rings is 1. The molecule has 6 heteroatoms. The number of sulfonamides is 1. The van der Waals surface area contributed by atoms with Crippen LogP contribution in [0.4, 0.5) is 0 Å². The Kier molecular flexibility index (Phi) is 5.43. The van der Waals surface area contributed by atoms with Gasteiger partial charge in [0.05, 0.1) is 11.5 Å². The van der Waals surface area contributed by atoms with E-state index in [0.29, 0.717) is 23.9 Å². The first-order chi connectivity index (χ1) is 9.54. The third-order valence-electron chi connectivity index (χ3n) is 3.56. The normalized spacial score (nSPS) is 20.2. The molecule has 1 aliphatic rings. The average Bonchev–Trinajstić information content (AvgIpc) is 2.48. The fourth-order valence-corrected chi connectivity index (χ4v) is 3.77. The molecule has 1 atom stereocenters. The second kappa shape index (κ2) is 6.89. The van der Waals surface area contributed by atoms with Gasteiger partial charge in [-0.15, -0.1) is 11.6 Å². The first kappa shape index (κ1) is 15.8. The van der Waals surface area contributed by atoms with Crippen molar-refractivity contribution >= 4 is 21.6 Å². The van der Waals surface area contributed by atoms with Crippen LogP contribution >= 0.6 is 11.6 Å². The Bertz CT molecular complexity index is 524. The molecule has 2 rings (SSSR count). The van der Waals surface area contributed by atoms with E-state index >= 15 is 0 Å². The summed E-state index contributed by atoms with van der Waals surface area (Å²) in [5.74, 6) is 0.668. The molecule has 20 heavy (non-hydrogen) atoms. The van der Waals surface area contributed by atoms with Crippen molar-refractivity contribution in [3.63, 3.8) is 0 Å². The predicted molar refractivity (Wildman–Crippen MR) is 79.4 cm³/mol. The topological polar surface area (TPSA) is 46.6 Å². The fourth-order valence-electron chi connectivity index (χ4n) is 2.34. The first-order valence-electron chi connectivity index (χ1n) is 6.73. The van der Waals surface area contributed by atoms with E-state index in [-0.39, 0.29) is 5.92 Å². The van der Waals surface area contributed by atoms with Gasteiger partial charge in [-0.3, -0.25) is 0 Å². The van der Waals surface area contributed by atoms with E-state index in [1.165, 1.54) is 4.31 Å². The third-order valence-corrected chi connectivity index (χ3v) is 5.70. The van der Waals surface area contributed by atoms with Crippen LogP contribution in [0.25, 0.3) is 0 Å². The Labute approximate surface area is 125 Å². The molecule has 1 unspecified atom stereocenters. The summed E-state index contributed by atoms with van der Waals surface area (Å²) in [7, 11) is -1.80. The summed E-state index contributed by atoms with van der Waals surface area (Å²) < 4.78 is 31.7. The highest BCUT2D eigenvalue weighted by atomic mass is 35.5. The largest absolute Gasteiger partial charge is 0.381 e. The molecule has 0 radical (unpaired) electrons. The zero-order chi connectivity index (χ0) is 14.6. The second-order valence-corrected chi connectivity index (χ2v) is 7.46. The van der Waals surface area contributed by atoms with Gasteiger partial charge < -0.3 is 4.74 Å². The number of halogens is 1. The number of hydrogen-bond donors (Lipinski definition) is 0. The van der Waals surface area contributed by atoms with Crippen molar-refractivity contribution in [3.05, 3.63) is 29.8 Å². The molecule has 0 bridgehead atoms. The minimum absolute atomic E-state index is 0.283. The van der Waals surface area contributed by atoms with Gasteiger partial charge in [0.1, 0.15) is 0 Å². The van der Waals surface area contributed by atoms with Crippen LogP contribution in [-0.4, -0.2) is 39.5 Å². The lowest BCUT2D eigenvalue weighted by molar-refractivity contribution is 0.0495. The van der Waals surface area contributed by atoms with Gasteiger partial charge in [-0.1, -0.05) is 12.1 Å². The van der Waals surface area contributed by atoms with Gasteiger partial charge in [-0.05, 0) is 36.5 Å². The fraction of sp³-hybridized carbons (Fsp3) is 0.571. The third kappa shape index (κ3) is 3.73. The Morgan fingerprint density at radius 3 is 2.60 bits per heavy atom. The molecule has 1 fully saturated rings. The summed E-state index contributed by atoms with van der Waals surface area (Å²) >= 11 is 5.71. The lowest BCUT2D eigenvalue weighted by atomic mass is 10.0. The maximum absolute atomic E-state index is 12.5. The lowest BCUT2D eigenvalue weighted by Crippen LogP contribution is -2.35. The predicted octanol–water partition coefficient (Wildman–Crippen LogP) is 2.47. The quantitative estimate of drug-likeness (QED) is 0.784. The smallest absolute Gasteiger partial charge is 0.242 e. The van der Waals surface area contributed by atoms with Crippen molar-refractivity contribution in [1.29, 1.82) is 0 Å². The minimum Gasteiger partial charge on any atom is -0.381 e. The Balaban J connectivity index is 2.07. The summed E-state index contributed by atoms with van der Waals surface area (Å²) in [6, 6.07) is 6.72. The zero-order valence-electron chi connectivity index (χ0n) is 11.6. The van der Waals surface area contributed by atoms with Crippen LogP contribution in [0.3, 0.4) is 0 Å². The number of nitrogens with zero attached hydrogens (tertiary/aromatic N) is 1. The van der Waals surface area contributed by atoms with Gasteiger partial charge in [0, 0.05) is 26.1 Å². The van der Waals surface area contributed by atoms with Crippen molar-refractivity contribution in [1.82, 2.24) is 4.31 Å². The number of hydrogen-bond acceptors (Lipinski definition) is 3. The minimum atomic E-state index is -3.43. The van der Waals surface area contributed by atoms with Crippen molar-refractivity contribution in [2.75, 3.05) is 26.8 Å². The van der Waals surface area contributed by atoms with Crippen LogP contribution in [0, 0.1) is 5.92 Å². The SMILES string of the molecule is CN(CC1CCCOC1)S(=O)(=O)c1ccc(CCl)cc1. The van der Waals surface area contributed by atoms with E-state index < -0.39 is 10.0 Å². The van der Waals surface area contributed by atoms with E-state index in [0.717, 1.165) is 25.0 Å². The highest BCUT2D eigenvalue weighted by Gasteiger charge is 2.24. The summed E-state index contributed by atoms with van der Waals surface area (Å²) in [4.78, 5) is 0.311. The number of alkyl halides is 1. The van der Waals surface area contributed by atoms with Crippen molar-refractivity contribution in [2.45, 2.75) is 23.6 Å². The van der Waals surface area contributed by atoms with Crippen molar-refractivity contribution < 1.29 is 13.2 Å². The Hall–Kier alpha value is -0.620. The molecule has 0 aliphatic carbocycles. The van der Waals surface area contributed by atoms with Gasteiger partial charge in [0.25, 0.3) is 0 Å². The average molecular weight is 318 g/mol. The molecule has 1 heterocycles. The molecule has 0 N–H and O–H groups in total. The Morgan fingerprint density at radius 1 is 1.35 bits per heavy atom. The highest BCUT2D eigenvalue weighted by molar-refractivity contribution is 7.89. The summed E-state index contributed by atoms with van der Waals surface area (Å²) in [5.41, 5.74) is 0.911. The molecular weight excluding hydrogens is 298 g/mol. The van der Waals surface area contributed by atoms with E-state index in [1.54, 1.807) is 31.3 Å². The van der Waals surface area contributed by atoms with Crippen LogP contribution < -0.4 is 0 Å². The van der Waals surface area contributed by atoms with Crippen molar-refractivity contribution in [3.8, 4) is 0 Å². The second-order valence-electron chi connectivity index (χ2n) is 5.15. The van der Waals surface area contributed by atoms with Gasteiger partial charge >= 0.3 is 0 Å². The van der Waals surface area contributed by atoms with Crippen LogP contribution in [0.15, 0.2) is 29.2 Å². The maximum Gasteiger partial charge on any atom is 0.242 e. The van der Waals surface area contributed by atoms with Gasteiger partial charge in [0.2, 0.25) is 10.0 Å². The zero-order valence-corrected chi connectivity index (χ0v) is 13.2. The standard InChI is InChI=1S/C14H20ClNO3S/c1-16(10-13-3-2-8-19-11-13)20(17,18)14-6-4-12(9-15)5-7-14/h4-7,13H,2-3,8-11H2,1H3. The Morgan fingerprint density at radius 2 is 2.05 bits per heavy atom. The van der Waals surface area contributed by atoms with Crippen LogP contribution in [0.2, 0.25) is 0 Å². The van der Waals surface area contributed by atoms with E-state index in [1.807, 2.05) is 0 Å². The first-order valence-corrected chi connectivity index (χ1v) is 8.70. The molecule has 0 spiro atoms. The van der Waals surface area contributed by atoms with Crippen LogP contribution in [-0.2, 0) is 20.6 Å². The molecule has 112 valence electrons. The van der Waals surface area contributed by atoms with Crippen molar-refractivity contribution in [2.24, 2.45) is 5.92 Å². The van der Waals surface area contributed by atoms with E-state index in [4.69, 9.17) is 16.3 Å². The molecule has 0 amide bonds. The van der Waals surface area contributed by atoms with Gasteiger partial charge in [-0.25, -0.2) is 12.7 Å². The summed E-state index contributed by atoms with van der Waals surface area (Å²) in [6.07, 6.45) is 2.02. The van der Waals surface area contributed by atoms with Gasteiger partial charge in [0.15, 0.2) is 0 Å². The number of rotatable bonds is 5. The molecular formula is C14H20ClNO3S. The number of ether oxygens (including phenoxy) is 1. The molecule has 1 aromatic carbocycles. The molecule has 0 aromatic heterocycles. The van der Waals surface area contributed by atoms with Crippen LogP contribution in [0.5, 0.6) is 0 Å². The van der Waals surface area contributed by atoms with Crippen LogP contribution in [0.1, 0.15) is 18.4 Å². The molecule has 0 saturated carbocycles. The molecule has 4 nitrogen and oxygen atoms in total. The highest BCUT2D eigenvalue weighted by Crippen LogP contribution is 2.20. The molecule has 1 saturated heterocycles. The van der Waals surface area contributed by atoms with Gasteiger partial charge in [-0.2, -0.15) is 0 Å². The lowest BCUT2D eigenvalue weighted by Gasteiger charge is -2.26.